The molecule has 3 atom stereocenters. The van der Waals surface area contributed by atoms with Crippen LogP contribution < -0.4 is 10.2 Å². The molecule has 0 rings (SSSR count). The molecular formula is C67H117N2O7P. The maximum absolute atomic E-state index is 13.5. The Bertz CT molecular complexity index is 1690. The van der Waals surface area contributed by atoms with E-state index in [9.17, 15) is 19.0 Å². The molecule has 0 fully saturated rings. The van der Waals surface area contributed by atoms with Gasteiger partial charge in [-0.25, -0.2) is 0 Å². The first kappa shape index (κ1) is 73.7. The lowest BCUT2D eigenvalue weighted by Gasteiger charge is -2.30. The largest absolute Gasteiger partial charge is 0.756 e. The first-order valence-electron chi connectivity index (χ1n) is 31.2. The predicted octanol–water partition coefficient (Wildman–Crippen LogP) is 18.7. The van der Waals surface area contributed by atoms with Crippen LogP contribution >= 0.6 is 7.82 Å². The fourth-order valence-electron chi connectivity index (χ4n) is 8.38. The van der Waals surface area contributed by atoms with Crippen molar-refractivity contribution in [2.24, 2.45) is 0 Å². The third-order valence-corrected chi connectivity index (χ3v) is 14.2. The van der Waals surface area contributed by atoms with Gasteiger partial charge in [0.2, 0.25) is 5.91 Å². The van der Waals surface area contributed by atoms with E-state index in [1.165, 1.54) is 70.6 Å². The number of rotatable bonds is 55. The molecule has 0 aliphatic carbocycles. The van der Waals surface area contributed by atoms with Crippen LogP contribution in [0.3, 0.4) is 0 Å². The van der Waals surface area contributed by atoms with Crippen LogP contribution in [0.1, 0.15) is 252 Å². The SMILES string of the molecule is CC/C=C\C/C=C\C/C=C\C/C=C\C/C=C\CCCCCCCC(=O)OC(/C=C/CCCCCCCCCCC)C(COP(=O)([O-])OCC[N+](C)(C)C)NC(=O)CCCCCCCC/C=C\C/C=C\C/C=C\CCCCC. The summed E-state index contributed by atoms with van der Waals surface area (Å²) in [6, 6.07) is -0.910. The Kier molecular flexibility index (Phi) is 53.5. The van der Waals surface area contributed by atoms with Crippen LogP contribution in [0, 0.1) is 0 Å². The molecule has 3 unspecified atom stereocenters. The maximum atomic E-state index is 13.5. The Hall–Kier alpha value is -3.33. The van der Waals surface area contributed by atoms with Gasteiger partial charge in [-0.05, 0) is 115 Å². The number of unbranched alkanes of at least 4 members (excludes halogenated alkanes) is 23. The van der Waals surface area contributed by atoms with E-state index < -0.39 is 26.6 Å². The molecule has 0 spiro atoms. The van der Waals surface area contributed by atoms with Crippen LogP contribution in [0.2, 0.25) is 0 Å². The number of carbonyl (C=O) groups excluding carboxylic acids is 2. The van der Waals surface area contributed by atoms with E-state index in [2.05, 4.69) is 123 Å². The summed E-state index contributed by atoms with van der Waals surface area (Å²) in [4.78, 5) is 40.0. The summed E-state index contributed by atoms with van der Waals surface area (Å²) in [5.74, 6) is -0.584. The van der Waals surface area contributed by atoms with E-state index >= 15 is 0 Å². The van der Waals surface area contributed by atoms with E-state index in [-0.39, 0.29) is 24.9 Å². The van der Waals surface area contributed by atoms with Crippen molar-refractivity contribution in [1.82, 2.24) is 5.32 Å². The molecule has 442 valence electrons. The number of hydrogen-bond acceptors (Lipinski definition) is 7. The van der Waals surface area contributed by atoms with Crippen molar-refractivity contribution in [1.29, 1.82) is 0 Å². The fraction of sp³-hybridized carbons (Fsp3) is 0.701. The average molecular weight is 1090 g/mol. The van der Waals surface area contributed by atoms with Crippen LogP contribution in [-0.4, -0.2) is 69.4 Å². The molecule has 0 radical (unpaired) electrons. The number of hydrogen-bond donors (Lipinski definition) is 1. The van der Waals surface area contributed by atoms with Crippen molar-refractivity contribution in [2.45, 2.75) is 264 Å². The number of amides is 1. The van der Waals surface area contributed by atoms with Crippen molar-refractivity contribution >= 4 is 19.7 Å². The molecule has 0 aliphatic rings. The Balaban J connectivity index is 5.29. The summed E-state index contributed by atoms with van der Waals surface area (Å²) >= 11 is 0. The molecule has 0 aromatic carbocycles. The zero-order chi connectivity index (χ0) is 56.4. The van der Waals surface area contributed by atoms with Gasteiger partial charge < -0.3 is 28.5 Å². The van der Waals surface area contributed by atoms with Gasteiger partial charge in [-0.3, -0.25) is 14.2 Å². The predicted molar refractivity (Wildman–Crippen MR) is 330 cm³/mol. The Morgan fingerprint density at radius 3 is 1.27 bits per heavy atom. The van der Waals surface area contributed by atoms with Gasteiger partial charge in [0.05, 0.1) is 33.8 Å². The second kappa shape index (κ2) is 56.0. The second-order valence-electron chi connectivity index (χ2n) is 21.8. The molecule has 0 saturated heterocycles. The van der Waals surface area contributed by atoms with Crippen molar-refractivity contribution in [2.75, 3.05) is 40.9 Å². The zero-order valence-corrected chi connectivity index (χ0v) is 51.3. The molecule has 0 aromatic heterocycles. The van der Waals surface area contributed by atoms with Gasteiger partial charge in [0.15, 0.2) is 0 Å². The van der Waals surface area contributed by atoms with E-state index in [0.717, 1.165) is 141 Å². The summed E-state index contributed by atoms with van der Waals surface area (Å²) < 4.78 is 30.3. The quantitative estimate of drug-likeness (QED) is 0.0212. The van der Waals surface area contributed by atoms with E-state index in [1.807, 2.05) is 33.3 Å². The first-order chi connectivity index (χ1) is 37.4. The molecule has 1 amide bonds. The molecule has 77 heavy (non-hydrogen) atoms. The van der Waals surface area contributed by atoms with Crippen LogP contribution in [0.25, 0.3) is 0 Å². The van der Waals surface area contributed by atoms with Gasteiger partial charge in [0.25, 0.3) is 7.82 Å². The highest BCUT2D eigenvalue weighted by Crippen LogP contribution is 2.38. The molecule has 0 aliphatic heterocycles. The smallest absolute Gasteiger partial charge is 0.306 e. The van der Waals surface area contributed by atoms with E-state index in [1.54, 1.807) is 0 Å². The number of phosphoric acid groups is 1. The number of quaternary nitrogens is 1. The maximum Gasteiger partial charge on any atom is 0.306 e. The van der Waals surface area contributed by atoms with Crippen LogP contribution in [0.4, 0.5) is 0 Å². The third-order valence-electron chi connectivity index (χ3n) is 13.2. The average Bonchev–Trinajstić information content (AvgIpc) is 3.39. The van der Waals surface area contributed by atoms with E-state index in [4.69, 9.17) is 13.8 Å². The minimum absolute atomic E-state index is 0.0341. The summed E-state index contributed by atoms with van der Waals surface area (Å²) in [5, 5.41) is 3.01. The monoisotopic (exact) mass is 1090 g/mol. The molecule has 0 saturated carbocycles. The molecule has 0 bridgehead atoms. The molecule has 10 heteroatoms. The van der Waals surface area contributed by atoms with Gasteiger partial charge in [-0.2, -0.15) is 0 Å². The topological polar surface area (TPSA) is 114 Å². The lowest BCUT2D eigenvalue weighted by Crippen LogP contribution is -2.47. The molecule has 0 aromatic rings. The number of carbonyl (C=O) groups is 2. The molecule has 1 N–H and O–H groups in total. The Morgan fingerprint density at radius 2 is 0.831 bits per heavy atom. The summed E-state index contributed by atoms with van der Waals surface area (Å²) in [6.45, 7) is 6.66. The van der Waals surface area contributed by atoms with Crippen molar-refractivity contribution < 1.29 is 37.3 Å². The lowest BCUT2D eigenvalue weighted by molar-refractivity contribution is -0.870. The number of nitrogens with one attached hydrogen (secondary N) is 1. The zero-order valence-electron chi connectivity index (χ0n) is 50.4. The Labute approximate surface area is 474 Å². The first-order valence-corrected chi connectivity index (χ1v) is 32.7. The van der Waals surface area contributed by atoms with Gasteiger partial charge in [0.1, 0.15) is 19.3 Å². The van der Waals surface area contributed by atoms with Gasteiger partial charge in [0, 0.05) is 12.8 Å². The fourth-order valence-corrected chi connectivity index (χ4v) is 9.10. The highest BCUT2D eigenvalue weighted by Gasteiger charge is 2.27. The highest BCUT2D eigenvalue weighted by atomic mass is 31.2. The summed E-state index contributed by atoms with van der Waals surface area (Å²) in [5.41, 5.74) is 0. The molecule has 9 nitrogen and oxygen atoms in total. The van der Waals surface area contributed by atoms with Crippen molar-refractivity contribution in [3.8, 4) is 0 Å². The number of esters is 1. The second-order valence-corrected chi connectivity index (χ2v) is 23.2. The molecule has 0 heterocycles. The van der Waals surface area contributed by atoms with Crippen LogP contribution in [-0.2, 0) is 27.9 Å². The lowest BCUT2D eigenvalue weighted by atomic mass is 10.1. The van der Waals surface area contributed by atoms with Crippen LogP contribution in [0.5, 0.6) is 0 Å². The number of phosphoric ester groups is 1. The van der Waals surface area contributed by atoms with E-state index in [0.29, 0.717) is 23.9 Å². The number of allylic oxidation sites excluding steroid dienone is 17. The summed E-state index contributed by atoms with van der Waals surface area (Å²) in [7, 11) is 1.15. The number of ether oxygens (including phenoxy) is 1. The van der Waals surface area contributed by atoms with Gasteiger partial charge >= 0.3 is 5.97 Å². The minimum Gasteiger partial charge on any atom is -0.756 e. The molecular weight excluding hydrogens is 976 g/mol. The normalized spacial score (nSPS) is 14.4. The number of likely N-dealkylation sites (N-methyl/N-ethyl adjacent to an activating group) is 1. The summed E-state index contributed by atoms with van der Waals surface area (Å²) in [6.07, 6.45) is 76.2. The van der Waals surface area contributed by atoms with Gasteiger partial charge in [-0.15, -0.1) is 0 Å². The minimum atomic E-state index is -4.71. The number of nitrogens with zero attached hydrogens (tertiary/aromatic N) is 1. The highest BCUT2D eigenvalue weighted by molar-refractivity contribution is 7.45. The van der Waals surface area contributed by atoms with Gasteiger partial charge in [-0.1, -0.05) is 233 Å². The third kappa shape index (κ3) is 57.2. The van der Waals surface area contributed by atoms with Crippen molar-refractivity contribution in [3.63, 3.8) is 0 Å². The Morgan fingerprint density at radius 1 is 0.468 bits per heavy atom. The van der Waals surface area contributed by atoms with Crippen LogP contribution in [0.15, 0.2) is 109 Å². The standard InChI is InChI=1S/C67H117N2O7P/c1-7-10-13-16-19-22-25-27-29-31-33-34-36-38-40-42-45-48-51-54-57-60-67(71)76-65(58-55-52-49-46-43-24-21-18-15-12-9-3)64(63-75-77(72,73)74-62-61-69(4,5)6)68-66(70)59-56-53-50-47-44-41-39-37-35-32-30-28-26-23-20-17-14-11-8-2/h10,13,19-20,22-23,27-30,33-35,37-38,40,55,58,64-65H,7-9,11-12,14-18,21,24-26,31-32,36,39,41-54,56-57,59-63H2,1-6H3,(H-,68,70,72,73)/b13-10-,22-19-,23-20-,29-27-,30-28-,34-33-,37-35-,40-38-,58-55+. The van der Waals surface area contributed by atoms with Crippen molar-refractivity contribution in [3.05, 3.63) is 109 Å².